The lowest BCUT2D eigenvalue weighted by Gasteiger charge is -2.02. The van der Waals surface area contributed by atoms with Gasteiger partial charge in [-0.05, 0) is 37.7 Å². The Labute approximate surface area is 93.5 Å². The molecule has 4 heteroatoms. The normalized spacial score (nSPS) is 11.2. The fourth-order valence-electron chi connectivity index (χ4n) is 1.98. The number of hydrogen-bond acceptors (Lipinski definition) is 2. The van der Waals surface area contributed by atoms with Gasteiger partial charge in [0.1, 0.15) is 0 Å². The Morgan fingerprint density at radius 2 is 2.19 bits per heavy atom. The molecule has 0 bridgehead atoms. The second-order valence-electron chi connectivity index (χ2n) is 3.91. The van der Waals surface area contributed by atoms with Crippen molar-refractivity contribution < 1.29 is 9.50 Å². The van der Waals surface area contributed by atoms with E-state index in [1.807, 2.05) is 24.9 Å². The van der Waals surface area contributed by atoms with Crippen LogP contribution in [0.3, 0.4) is 0 Å². The Hall–Kier alpha value is -1.55. The lowest BCUT2D eigenvalue weighted by molar-refractivity contribution is 0.438. The average Bonchev–Trinajstić information content (AvgIpc) is 2.58. The molecule has 3 nitrogen and oxygen atoms in total. The fourth-order valence-corrected chi connectivity index (χ4v) is 1.98. The van der Waals surface area contributed by atoms with Crippen LogP contribution >= 0.6 is 0 Å². The zero-order valence-corrected chi connectivity index (χ0v) is 9.42. The minimum atomic E-state index is -0.565. The van der Waals surface area contributed by atoms with Crippen molar-refractivity contribution in [1.29, 1.82) is 0 Å². The maximum absolute atomic E-state index is 13.3. The summed E-state index contributed by atoms with van der Waals surface area (Å²) in [4.78, 5) is 0. The molecular weight excluding hydrogens is 207 g/mol. The zero-order valence-electron chi connectivity index (χ0n) is 9.42. The molecule has 86 valence electrons. The van der Waals surface area contributed by atoms with Crippen LogP contribution in [-0.4, -0.2) is 23.3 Å². The highest BCUT2D eigenvalue weighted by Crippen LogP contribution is 2.31. The Bertz CT molecular complexity index is 519. The molecule has 0 aliphatic heterocycles. The molecule has 1 heterocycles. The second-order valence-corrected chi connectivity index (χ2v) is 3.91. The van der Waals surface area contributed by atoms with Crippen LogP contribution in [0.4, 0.5) is 4.39 Å². The molecule has 0 amide bonds. The molecule has 0 unspecified atom stereocenters. The minimum absolute atomic E-state index is 0.246. The maximum Gasteiger partial charge on any atom is 0.165 e. The fraction of sp³-hybridized carbons (Fsp3) is 0.333. The number of rotatable bonds is 3. The Kier molecular flexibility index (Phi) is 2.83. The standard InChI is InChI=1S/C12H15FN2O/c1-14-6-5-8-7-15(2)10-4-3-9(13)12(16)11(8)10/h3-4,7,14,16H,5-6H2,1-2H3. The van der Waals surface area contributed by atoms with E-state index in [4.69, 9.17) is 0 Å². The first-order valence-electron chi connectivity index (χ1n) is 5.25. The molecule has 0 aliphatic rings. The first-order valence-corrected chi connectivity index (χ1v) is 5.25. The summed E-state index contributed by atoms with van der Waals surface area (Å²) >= 11 is 0. The van der Waals surface area contributed by atoms with Crippen molar-refractivity contribution in [2.75, 3.05) is 13.6 Å². The molecule has 0 saturated carbocycles. The smallest absolute Gasteiger partial charge is 0.165 e. The molecule has 0 spiro atoms. The molecule has 2 aromatic rings. The van der Waals surface area contributed by atoms with Gasteiger partial charge < -0.3 is 15.0 Å². The van der Waals surface area contributed by atoms with Gasteiger partial charge in [0.25, 0.3) is 0 Å². The van der Waals surface area contributed by atoms with E-state index in [9.17, 15) is 9.50 Å². The van der Waals surface area contributed by atoms with Crippen molar-refractivity contribution in [2.45, 2.75) is 6.42 Å². The molecule has 0 fully saturated rings. The molecule has 0 saturated heterocycles. The Balaban J connectivity index is 2.61. The number of phenolic OH excluding ortho intramolecular Hbond substituents is 1. The van der Waals surface area contributed by atoms with Crippen LogP contribution in [0.25, 0.3) is 10.9 Å². The van der Waals surface area contributed by atoms with Crippen LogP contribution in [-0.2, 0) is 13.5 Å². The van der Waals surface area contributed by atoms with Crippen LogP contribution in [0.5, 0.6) is 5.75 Å². The van der Waals surface area contributed by atoms with Crippen molar-refractivity contribution in [3.8, 4) is 5.75 Å². The summed E-state index contributed by atoms with van der Waals surface area (Å²) in [5.74, 6) is -0.811. The van der Waals surface area contributed by atoms with Gasteiger partial charge >= 0.3 is 0 Å². The summed E-state index contributed by atoms with van der Waals surface area (Å²) in [6.07, 6.45) is 2.70. The molecule has 2 rings (SSSR count). The van der Waals surface area contributed by atoms with Crippen molar-refractivity contribution in [3.05, 3.63) is 29.7 Å². The van der Waals surface area contributed by atoms with Gasteiger partial charge in [0.2, 0.25) is 0 Å². The number of nitrogens with one attached hydrogen (secondary N) is 1. The van der Waals surface area contributed by atoms with E-state index in [1.54, 1.807) is 6.07 Å². The predicted molar refractivity (Wildman–Crippen MR) is 62.2 cm³/mol. The van der Waals surface area contributed by atoms with Gasteiger partial charge in [-0.15, -0.1) is 0 Å². The van der Waals surface area contributed by atoms with Crippen LogP contribution in [0.2, 0.25) is 0 Å². The second kappa shape index (κ2) is 4.14. The van der Waals surface area contributed by atoms with E-state index in [1.165, 1.54) is 6.07 Å². The number of hydrogen-bond donors (Lipinski definition) is 2. The molecule has 1 aromatic heterocycles. The molecule has 2 N–H and O–H groups in total. The van der Waals surface area contributed by atoms with E-state index < -0.39 is 5.82 Å². The topological polar surface area (TPSA) is 37.2 Å². The van der Waals surface area contributed by atoms with Crippen molar-refractivity contribution in [1.82, 2.24) is 9.88 Å². The van der Waals surface area contributed by atoms with E-state index in [0.717, 1.165) is 24.0 Å². The monoisotopic (exact) mass is 222 g/mol. The van der Waals surface area contributed by atoms with E-state index >= 15 is 0 Å². The predicted octanol–water partition coefficient (Wildman–Crippen LogP) is 1.78. The third kappa shape index (κ3) is 1.65. The number of fused-ring (bicyclic) bond motifs is 1. The number of likely N-dealkylation sites (N-methyl/N-ethyl adjacent to an activating group) is 1. The molecule has 0 radical (unpaired) electrons. The largest absolute Gasteiger partial charge is 0.504 e. The SMILES string of the molecule is CNCCc1cn(C)c2ccc(F)c(O)c12. The molecule has 0 atom stereocenters. The molecule has 1 aromatic carbocycles. The molecular formula is C12H15FN2O. The van der Waals surface area contributed by atoms with Gasteiger partial charge in [0.15, 0.2) is 11.6 Å². The number of aromatic hydroxyl groups is 1. The van der Waals surface area contributed by atoms with Crippen LogP contribution in [0.15, 0.2) is 18.3 Å². The number of benzene rings is 1. The maximum atomic E-state index is 13.3. The highest BCUT2D eigenvalue weighted by Gasteiger charge is 2.13. The van der Waals surface area contributed by atoms with E-state index in [0.29, 0.717) is 5.39 Å². The number of halogens is 1. The summed E-state index contributed by atoms with van der Waals surface area (Å²) in [6, 6.07) is 2.98. The third-order valence-corrected chi connectivity index (χ3v) is 2.80. The third-order valence-electron chi connectivity index (χ3n) is 2.80. The van der Waals surface area contributed by atoms with Crippen LogP contribution in [0, 0.1) is 5.82 Å². The summed E-state index contributed by atoms with van der Waals surface area (Å²) < 4.78 is 15.2. The number of aryl methyl sites for hydroxylation is 1. The van der Waals surface area contributed by atoms with Crippen molar-refractivity contribution in [3.63, 3.8) is 0 Å². The van der Waals surface area contributed by atoms with E-state index in [-0.39, 0.29) is 5.75 Å². The highest BCUT2D eigenvalue weighted by atomic mass is 19.1. The summed E-state index contributed by atoms with van der Waals surface area (Å²) in [7, 11) is 3.76. The van der Waals surface area contributed by atoms with Crippen LogP contribution < -0.4 is 5.32 Å². The lowest BCUT2D eigenvalue weighted by atomic mass is 10.1. The summed E-state index contributed by atoms with van der Waals surface area (Å²) in [5, 5.41) is 13.4. The zero-order chi connectivity index (χ0) is 11.7. The highest BCUT2D eigenvalue weighted by molar-refractivity contribution is 5.89. The van der Waals surface area contributed by atoms with Gasteiger partial charge in [-0.2, -0.15) is 0 Å². The Morgan fingerprint density at radius 3 is 2.88 bits per heavy atom. The van der Waals surface area contributed by atoms with Gasteiger partial charge in [-0.1, -0.05) is 0 Å². The first kappa shape index (κ1) is 11.0. The average molecular weight is 222 g/mol. The lowest BCUT2D eigenvalue weighted by Crippen LogP contribution is -2.10. The van der Waals surface area contributed by atoms with Crippen molar-refractivity contribution >= 4 is 10.9 Å². The summed E-state index contributed by atoms with van der Waals surface area (Å²) in [5.41, 5.74) is 1.81. The number of phenols is 1. The van der Waals surface area contributed by atoms with Gasteiger partial charge in [0, 0.05) is 18.6 Å². The first-order chi connectivity index (χ1) is 7.65. The van der Waals surface area contributed by atoms with Gasteiger partial charge in [-0.25, -0.2) is 4.39 Å². The van der Waals surface area contributed by atoms with Gasteiger partial charge in [0.05, 0.1) is 5.52 Å². The van der Waals surface area contributed by atoms with Gasteiger partial charge in [-0.3, -0.25) is 0 Å². The molecule has 16 heavy (non-hydrogen) atoms. The van der Waals surface area contributed by atoms with Crippen molar-refractivity contribution in [2.24, 2.45) is 7.05 Å². The molecule has 0 aliphatic carbocycles. The van der Waals surface area contributed by atoms with E-state index in [2.05, 4.69) is 5.32 Å². The summed E-state index contributed by atoms with van der Waals surface area (Å²) in [6.45, 7) is 0.801. The quantitative estimate of drug-likeness (QED) is 0.830. The van der Waals surface area contributed by atoms with Crippen LogP contribution in [0.1, 0.15) is 5.56 Å². The number of nitrogens with zero attached hydrogens (tertiary/aromatic N) is 1. The number of aromatic nitrogens is 1. The Morgan fingerprint density at radius 1 is 1.44 bits per heavy atom. The minimum Gasteiger partial charge on any atom is -0.504 e.